The molecule has 3 amide bonds. The number of likely N-dealkylation sites (N-methyl/N-ethyl adjacent to an activating group) is 2. The Kier molecular flexibility index (Phi) is 18.2. The second-order valence-electron chi connectivity index (χ2n) is 15.4. The van der Waals surface area contributed by atoms with Crippen molar-refractivity contribution in [3.8, 4) is 0 Å². The Hall–Kier alpha value is -3.26. The SMILES string of the molecule is CC[C@H](C)[C@@H]([C@@H](CC(=O)N1C[C@@H](O)C[C@H]1[C@H](OC)[C@@H](C)C(=O)N[C@@H](C)C(=O)c1ccc(F)cc1)OC)N(C)C(=O)[C@@H](CC(=O)[C@@H](NC)C(C)C)C(C)C. The molecule has 3 N–H and O–H groups in total. The highest BCUT2D eigenvalue weighted by Crippen LogP contribution is 2.31. The number of carbonyl (C=O) groups excluding carboxylic acids is 5. The number of likely N-dealkylation sites (tertiary alicyclic amines) is 1. The molecular weight excluding hydrogens is 683 g/mol. The van der Waals surface area contributed by atoms with Gasteiger partial charge in [-0.1, -0.05) is 54.9 Å². The number of hydrogen-bond donors (Lipinski definition) is 3. The highest BCUT2D eigenvalue weighted by Gasteiger charge is 2.45. The van der Waals surface area contributed by atoms with Crippen LogP contribution in [-0.4, -0.2) is 122 Å². The van der Waals surface area contributed by atoms with Crippen LogP contribution < -0.4 is 10.6 Å². The quantitative estimate of drug-likeness (QED) is 0.159. The third-order valence-corrected chi connectivity index (χ3v) is 11.0. The lowest BCUT2D eigenvalue weighted by atomic mass is 9.84. The van der Waals surface area contributed by atoms with Crippen LogP contribution in [0.25, 0.3) is 0 Å². The predicted octanol–water partition coefficient (Wildman–Crippen LogP) is 3.88. The van der Waals surface area contributed by atoms with Crippen molar-refractivity contribution in [3.63, 3.8) is 0 Å². The second kappa shape index (κ2) is 21.0. The van der Waals surface area contributed by atoms with Crippen LogP contribution in [0.15, 0.2) is 24.3 Å². The third kappa shape index (κ3) is 11.9. The van der Waals surface area contributed by atoms with Crippen molar-refractivity contribution in [1.29, 1.82) is 0 Å². The van der Waals surface area contributed by atoms with E-state index in [2.05, 4.69) is 10.6 Å². The maximum absolute atomic E-state index is 14.2. The zero-order chi connectivity index (χ0) is 40.3. The Morgan fingerprint density at radius 1 is 0.962 bits per heavy atom. The number of ether oxygens (including phenoxy) is 2. The van der Waals surface area contributed by atoms with E-state index in [9.17, 15) is 33.5 Å². The van der Waals surface area contributed by atoms with Crippen LogP contribution in [0.5, 0.6) is 0 Å². The number of nitrogens with one attached hydrogen (secondary N) is 2. The zero-order valence-electron chi connectivity index (χ0n) is 33.9. The molecule has 0 aromatic heterocycles. The summed E-state index contributed by atoms with van der Waals surface area (Å²) in [5.41, 5.74) is 0.253. The Morgan fingerprint density at radius 3 is 2.06 bits per heavy atom. The first kappa shape index (κ1) is 45.9. The molecule has 1 fully saturated rings. The van der Waals surface area contributed by atoms with E-state index in [4.69, 9.17) is 9.47 Å². The van der Waals surface area contributed by atoms with Crippen molar-refractivity contribution in [2.24, 2.45) is 29.6 Å². The average Bonchev–Trinajstić information content (AvgIpc) is 3.50. The van der Waals surface area contributed by atoms with Crippen LogP contribution in [0, 0.1) is 35.4 Å². The number of amides is 3. The molecule has 1 aliphatic heterocycles. The lowest BCUT2D eigenvalue weighted by Crippen LogP contribution is -2.54. The van der Waals surface area contributed by atoms with E-state index >= 15 is 0 Å². The van der Waals surface area contributed by atoms with E-state index in [0.29, 0.717) is 6.42 Å². The Morgan fingerprint density at radius 2 is 1.57 bits per heavy atom. The molecule has 1 heterocycles. The fourth-order valence-corrected chi connectivity index (χ4v) is 7.66. The first-order chi connectivity index (χ1) is 24.8. The van der Waals surface area contributed by atoms with Crippen molar-refractivity contribution in [3.05, 3.63) is 35.6 Å². The van der Waals surface area contributed by atoms with Crippen molar-refractivity contribution in [1.82, 2.24) is 20.4 Å². The number of carbonyl (C=O) groups is 5. The summed E-state index contributed by atoms with van der Waals surface area (Å²) in [6.07, 6.45) is -1.54. The standard InChI is InChI=1S/C40H65FN4O8/c1-13-24(6)36(44(10)40(51)30(22(2)3)19-32(47)35(42-9)23(4)5)33(52-11)20-34(48)45-21-29(46)18-31(45)38(53-12)25(7)39(50)43-26(8)37(49)27-14-16-28(41)17-15-27/h14-17,22-26,29-31,33,35-36,38,42,46H,13,18-21H2,1-12H3,(H,43,50)/t24-,25+,26-,29-,30-,31-,33+,35-,36-,38+/m0/s1. The van der Waals surface area contributed by atoms with Gasteiger partial charge < -0.3 is 35.0 Å². The minimum atomic E-state index is -0.909. The molecule has 10 atom stereocenters. The number of rotatable bonds is 21. The van der Waals surface area contributed by atoms with Crippen molar-refractivity contribution in [2.45, 2.75) is 124 Å². The van der Waals surface area contributed by atoms with E-state index < -0.39 is 60.0 Å². The second-order valence-corrected chi connectivity index (χ2v) is 15.4. The van der Waals surface area contributed by atoms with Crippen LogP contribution in [0.1, 0.15) is 91.4 Å². The number of β-amino-alcohol motifs (C(OH)–C–C–N with tert-alkyl or cyclic N) is 1. The molecule has 0 aliphatic carbocycles. The zero-order valence-corrected chi connectivity index (χ0v) is 33.9. The third-order valence-electron chi connectivity index (χ3n) is 11.0. The maximum Gasteiger partial charge on any atom is 0.226 e. The Bertz CT molecular complexity index is 1370. The molecule has 53 heavy (non-hydrogen) atoms. The maximum atomic E-state index is 14.2. The molecule has 0 radical (unpaired) electrons. The van der Waals surface area contributed by atoms with Gasteiger partial charge in [-0.05, 0) is 62.4 Å². The highest BCUT2D eigenvalue weighted by atomic mass is 19.1. The van der Waals surface area contributed by atoms with Gasteiger partial charge in [0.05, 0.1) is 54.8 Å². The van der Waals surface area contributed by atoms with Crippen LogP contribution in [-0.2, 0) is 28.7 Å². The predicted molar refractivity (Wildman–Crippen MR) is 201 cm³/mol. The molecule has 0 spiro atoms. The van der Waals surface area contributed by atoms with Gasteiger partial charge in [0.2, 0.25) is 17.7 Å². The first-order valence-corrected chi connectivity index (χ1v) is 18.9. The number of benzene rings is 1. The summed E-state index contributed by atoms with van der Waals surface area (Å²) in [4.78, 5) is 71.1. The van der Waals surface area contributed by atoms with Crippen LogP contribution in [0.4, 0.5) is 4.39 Å². The number of methoxy groups -OCH3 is 2. The number of nitrogens with zero attached hydrogens (tertiary/aromatic N) is 2. The molecule has 300 valence electrons. The Labute approximate surface area is 315 Å². The van der Waals surface area contributed by atoms with Gasteiger partial charge in [0.25, 0.3) is 0 Å². The van der Waals surface area contributed by atoms with E-state index in [-0.39, 0.29) is 78.5 Å². The fourth-order valence-electron chi connectivity index (χ4n) is 7.66. The van der Waals surface area contributed by atoms with Gasteiger partial charge >= 0.3 is 0 Å². The number of aliphatic hydroxyl groups excluding tert-OH is 1. The van der Waals surface area contributed by atoms with Crippen molar-refractivity contribution >= 4 is 29.3 Å². The Balaban J connectivity index is 2.29. The summed E-state index contributed by atoms with van der Waals surface area (Å²) < 4.78 is 25.1. The van der Waals surface area contributed by atoms with E-state index in [1.807, 2.05) is 41.5 Å². The van der Waals surface area contributed by atoms with Crippen LogP contribution >= 0.6 is 0 Å². The number of aliphatic hydroxyl groups is 1. The number of hydrogen-bond acceptors (Lipinski definition) is 9. The van der Waals surface area contributed by atoms with E-state index in [0.717, 1.165) is 0 Å². The number of ketones is 2. The average molecular weight is 749 g/mol. The van der Waals surface area contributed by atoms with Gasteiger partial charge in [0, 0.05) is 45.7 Å². The van der Waals surface area contributed by atoms with Crippen LogP contribution in [0.2, 0.25) is 0 Å². The van der Waals surface area contributed by atoms with Crippen molar-refractivity contribution < 1.29 is 42.9 Å². The largest absolute Gasteiger partial charge is 0.391 e. The monoisotopic (exact) mass is 748 g/mol. The topological polar surface area (TPSA) is 155 Å². The van der Waals surface area contributed by atoms with Gasteiger partial charge in [0.15, 0.2) is 11.6 Å². The number of halogens is 1. The normalized spacial score (nSPS) is 20.6. The summed E-state index contributed by atoms with van der Waals surface area (Å²) in [7, 11) is 6.39. The molecule has 1 saturated heterocycles. The van der Waals surface area contributed by atoms with E-state index in [1.165, 1.54) is 43.4 Å². The van der Waals surface area contributed by atoms with Gasteiger partial charge in [0.1, 0.15) is 5.82 Å². The number of Topliss-reactive ketones (excluding diaryl/α,β-unsaturated/α-hetero) is 2. The summed E-state index contributed by atoms with van der Waals surface area (Å²) in [5.74, 6) is -3.39. The molecule has 0 bridgehead atoms. The summed E-state index contributed by atoms with van der Waals surface area (Å²) in [6.45, 7) is 15.0. The summed E-state index contributed by atoms with van der Waals surface area (Å²) in [5, 5.41) is 16.6. The molecule has 12 nitrogen and oxygen atoms in total. The smallest absolute Gasteiger partial charge is 0.226 e. The molecule has 13 heteroatoms. The molecule has 0 unspecified atom stereocenters. The minimum absolute atomic E-state index is 0.0234. The van der Waals surface area contributed by atoms with E-state index in [1.54, 1.807) is 32.8 Å². The lowest BCUT2D eigenvalue weighted by Gasteiger charge is -2.41. The van der Waals surface area contributed by atoms with Gasteiger partial charge in [-0.3, -0.25) is 24.0 Å². The van der Waals surface area contributed by atoms with Gasteiger partial charge in [-0.2, -0.15) is 0 Å². The minimum Gasteiger partial charge on any atom is -0.391 e. The van der Waals surface area contributed by atoms with Gasteiger partial charge in [-0.15, -0.1) is 0 Å². The van der Waals surface area contributed by atoms with Gasteiger partial charge in [-0.25, -0.2) is 4.39 Å². The van der Waals surface area contributed by atoms with Crippen molar-refractivity contribution in [2.75, 3.05) is 34.9 Å². The molecule has 2 rings (SSSR count). The molecule has 1 aromatic carbocycles. The molecular formula is C40H65FN4O8. The highest BCUT2D eigenvalue weighted by molar-refractivity contribution is 6.01. The molecule has 1 aromatic rings. The summed E-state index contributed by atoms with van der Waals surface area (Å²) >= 11 is 0. The summed E-state index contributed by atoms with van der Waals surface area (Å²) in [6, 6.07) is 2.62. The fraction of sp³-hybridized carbons (Fsp3) is 0.725. The first-order valence-electron chi connectivity index (χ1n) is 18.9. The lowest BCUT2D eigenvalue weighted by molar-refractivity contribution is -0.149. The molecule has 1 aliphatic rings. The van der Waals surface area contributed by atoms with Crippen LogP contribution in [0.3, 0.4) is 0 Å². The molecule has 0 saturated carbocycles.